The maximum atomic E-state index is 12.8. The minimum absolute atomic E-state index is 0.0264. The molecule has 5 rings (SSSR count). The Bertz CT molecular complexity index is 1360. The predicted octanol–water partition coefficient (Wildman–Crippen LogP) is 4.40. The van der Waals surface area contributed by atoms with Gasteiger partial charge < -0.3 is 15.2 Å². The number of para-hydroxylation sites is 1. The third-order valence-electron chi connectivity index (χ3n) is 6.35. The number of hydrogen-bond acceptors (Lipinski definition) is 6. The van der Waals surface area contributed by atoms with Crippen molar-refractivity contribution in [3.05, 3.63) is 77.6 Å². The molecule has 3 heterocycles. The van der Waals surface area contributed by atoms with Crippen molar-refractivity contribution in [2.75, 3.05) is 19.7 Å². The van der Waals surface area contributed by atoms with E-state index in [2.05, 4.69) is 20.9 Å². The minimum atomic E-state index is -0.879. The number of carboxylic acid groups (broad SMARTS) is 1. The number of benzene rings is 2. The van der Waals surface area contributed by atoms with Crippen LogP contribution in [0.15, 0.2) is 60.8 Å². The molecule has 0 unspecified atom stereocenters. The molecule has 0 radical (unpaired) electrons. The van der Waals surface area contributed by atoms with E-state index in [0.717, 1.165) is 51.6 Å². The molecule has 2 N–H and O–H groups in total. The van der Waals surface area contributed by atoms with E-state index in [0.29, 0.717) is 31.8 Å². The summed E-state index contributed by atoms with van der Waals surface area (Å²) in [6.45, 7) is 2.40. The Labute approximate surface area is 219 Å². The molecule has 0 saturated heterocycles. The van der Waals surface area contributed by atoms with Crippen molar-refractivity contribution >= 4 is 33.4 Å². The van der Waals surface area contributed by atoms with Crippen LogP contribution in [0.3, 0.4) is 0 Å². The molecule has 2 aromatic heterocycles. The highest BCUT2D eigenvalue weighted by Crippen LogP contribution is 2.28. The van der Waals surface area contributed by atoms with E-state index in [4.69, 9.17) is 9.72 Å². The number of amides is 1. The van der Waals surface area contributed by atoms with Crippen LogP contribution in [0.4, 0.5) is 0 Å². The van der Waals surface area contributed by atoms with E-state index in [-0.39, 0.29) is 18.9 Å². The molecular weight excluding hydrogens is 488 g/mol. The lowest BCUT2D eigenvalue weighted by molar-refractivity contribution is -0.136. The molecule has 0 saturated carbocycles. The normalized spacial score (nSPS) is 15.6. The highest BCUT2D eigenvalue weighted by atomic mass is 32.1. The van der Waals surface area contributed by atoms with Crippen LogP contribution in [0, 0.1) is 0 Å². The summed E-state index contributed by atoms with van der Waals surface area (Å²) in [5.74, 6) is -0.169. The standard InChI is InChI=1S/C28H30N4O4S/c33-26-19-31(18-22-7-6-13-32(22)28-30-23-8-2-3-9-25(23)37-28)17-21-15-20(16-27(34)35)10-11-24(21)36-14-5-1-4-12-29-26/h2-3,6-11,13,15H,1,4-5,12,14,16-19H2,(H,29,33)(H,34,35). The van der Waals surface area contributed by atoms with Crippen LogP contribution in [0.25, 0.3) is 15.3 Å². The monoisotopic (exact) mass is 518 g/mol. The lowest BCUT2D eigenvalue weighted by Crippen LogP contribution is -2.37. The first-order chi connectivity index (χ1) is 18.0. The quantitative estimate of drug-likeness (QED) is 0.407. The predicted molar refractivity (Wildman–Crippen MR) is 143 cm³/mol. The summed E-state index contributed by atoms with van der Waals surface area (Å²) in [6, 6.07) is 17.7. The second-order valence-electron chi connectivity index (χ2n) is 9.25. The van der Waals surface area contributed by atoms with Crippen molar-refractivity contribution in [2.45, 2.75) is 38.8 Å². The van der Waals surface area contributed by atoms with Gasteiger partial charge in [-0.3, -0.25) is 19.1 Å². The Morgan fingerprint density at radius 1 is 1.08 bits per heavy atom. The molecule has 37 heavy (non-hydrogen) atoms. The van der Waals surface area contributed by atoms with Crippen molar-refractivity contribution in [3.63, 3.8) is 0 Å². The molecule has 9 heteroatoms. The summed E-state index contributed by atoms with van der Waals surface area (Å²) < 4.78 is 9.30. The SMILES string of the molecule is O=C(O)Cc1ccc2c(c1)CN(Cc1cccn1-c1nc3ccccc3s1)CC(=O)NCCCCCO2. The van der Waals surface area contributed by atoms with Gasteiger partial charge >= 0.3 is 5.97 Å². The Morgan fingerprint density at radius 2 is 1.97 bits per heavy atom. The fourth-order valence-corrected chi connectivity index (χ4v) is 5.57. The molecule has 192 valence electrons. The number of aliphatic carboxylic acids is 1. The van der Waals surface area contributed by atoms with Gasteiger partial charge in [-0.25, -0.2) is 4.98 Å². The van der Waals surface area contributed by atoms with Gasteiger partial charge in [-0.2, -0.15) is 0 Å². The summed E-state index contributed by atoms with van der Waals surface area (Å²) in [5, 5.41) is 13.2. The van der Waals surface area contributed by atoms with Crippen molar-refractivity contribution in [1.82, 2.24) is 19.8 Å². The third kappa shape index (κ3) is 6.36. The first kappa shape index (κ1) is 25.0. The van der Waals surface area contributed by atoms with Gasteiger partial charge in [-0.1, -0.05) is 35.6 Å². The number of carboxylic acids is 1. The van der Waals surface area contributed by atoms with Crippen LogP contribution in [0.2, 0.25) is 0 Å². The number of thiazole rings is 1. The first-order valence-corrected chi connectivity index (χ1v) is 13.3. The zero-order chi connectivity index (χ0) is 25.6. The lowest BCUT2D eigenvalue weighted by Gasteiger charge is -2.24. The number of fused-ring (bicyclic) bond motifs is 2. The van der Waals surface area contributed by atoms with E-state index in [9.17, 15) is 14.7 Å². The van der Waals surface area contributed by atoms with Gasteiger partial charge in [-0.05, 0) is 55.2 Å². The number of hydrogen-bond donors (Lipinski definition) is 2. The van der Waals surface area contributed by atoms with E-state index in [1.54, 1.807) is 17.4 Å². The molecule has 0 atom stereocenters. The van der Waals surface area contributed by atoms with Gasteiger partial charge in [0.15, 0.2) is 5.13 Å². The Kier molecular flexibility index (Phi) is 7.82. The Morgan fingerprint density at radius 3 is 2.84 bits per heavy atom. The van der Waals surface area contributed by atoms with Gasteiger partial charge in [-0.15, -0.1) is 0 Å². The van der Waals surface area contributed by atoms with Crippen molar-refractivity contribution in [3.8, 4) is 10.9 Å². The van der Waals surface area contributed by atoms with Crippen molar-refractivity contribution in [2.24, 2.45) is 0 Å². The first-order valence-electron chi connectivity index (χ1n) is 12.5. The van der Waals surface area contributed by atoms with Crippen molar-refractivity contribution in [1.29, 1.82) is 0 Å². The summed E-state index contributed by atoms with van der Waals surface area (Å²) >= 11 is 1.63. The number of nitrogens with zero attached hydrogens (tertiary/aromatic N) is 3. The second-order valence-corrected chi connectivity index (χ2v) is 10.3. The summed E-state index contributed by atoms with van der Waals surface area (Å²) in [6.07, 6.45) is 4.70. The van der Waals surface area contributed by atoms with Crippen LogP contribution in [-0.4, -0.2) is 51.1 Å². The molecule has 1 aliphatic heterocycles. The molecular formula is C28H30N4O4S. The number of nitrogens with one attached hydrogen (secondary N) is 1. The van der Waals surface area contributed by atoms with E-state index < -0.39 is 5.97 Å². The number of carbonyl (C=O) groups excluding carboxylic acids is 1. The topological polar surface area (TPSA) is 96.7 Å². The zero-order valence-corrected chi connectivity index (χ0v) is 21.4. The fraction of sp³-hybridized carbons (Fsp3) is 0.321. The maximum Gasteiger partial charge on any atom is 0.307 e. The van der Waals surface area contributed by atoms with Crippen LogP contribution < -0.4 is 10.1 Å². The van der Waals surface area contributed by atoms with Gasteiger partial charge in [0.05, 0.1) is 29.8 Å². The second kappa shape index (κ2) is 11.6. The van der Waals surface area contributed by atoms with Crippen LogP contribution in [0.1, 0.15) is 36.1 Å². The average Bonchev–Trinajstić information content (AvgIpc) is 3.50. The Balaban J connectivity index is 1.45. The Hall–Kier alpha value is -3.69. The van der Waals surface area contributed by atoms with Crippen LogP contribution in [-0.2, 0) is 29.1 Å². The number of aromatic nitrogens is 2. The van der Waals surface area contributed by atoms with Gasteiger partial charge in [0.2, 0.25) is 5.91 Å². The maximum absolute atomic E-state index is 12.8. The average molecular weight is 519 g/mol. The van der Waals surface area contributed by atoms with E-state index in [1.165, 1.54) is 0 Å². The number of ether oxygens (including phenoxy) is 1. The number of carbonyl (C=O) groups is 2. The van der Waals surface area contributed by atoms with Crippen molar-refractivity contribution < 1.29 is 19.4 Å². The van der Waals surface area contributed by atoms with E-state index >= 15 is 0 Å². The molecule has 0 bridgehead atoms. The largest absolute Gasteiger partial charge is 0.493 e. The highest BCUT2D eigenvalue weighted by Gasteiger charge is 2.19. The van der Waals surface area contributed by atoms with E-state index in [1.807, 2.05) is 48.7 Å². The molecule has 8 nitrogen and oxygen atoms in total. The zero-order valence-electron chi connectivity index (χ0n) is 20.6. The molecule has 2 aromatic carbocycles. The third-order valence-corrected chi connectivity index (χ3v) is 7.39. The van der Waals surface area contributed by atoms with Gasteiger partial charge in [0.1, 0.15) is 5.75 Å². The summed E-state index contributed by atoms with van der Waals surface area (Å²) in [5.41, 5.74) is 3.56. The molecule has 1 aliphatic rings. The fourth-order valence-electron chi connectivity index (χ4n) is 4.59. The summed E-state index contributed by atoms with van der Waals surface area (Å²) in [7, 11) is 0. The molecule has 0 spiro atoms. The minimum Gasteiger partial charge on any atom is -0.493 e. The molecule has 0 fully saturated rings. The lowest BCUT2D eigenvalue weighted by atomic mass is 10.1. The smallest absolute Gasteiger partial charge is 0.307 e. The molecule has 0 aliphatic carbocycles. The molecule has 1 amide bonds. The highest BCUT2D eigenvalue weighted by molar-refractivity contribution is 7.20. The van der Waals surface area contributed by atoms with Gasteiger partial charge in [0, 0.05) is 37.1 Å². The van der Waals surface area contributed by atoms with Gasteiger partial charge in [0.25, 0.3) is 0 Å². The summed E-state index contributed by atoms with van der Waals surface area (Å²) in [4.78, 5) is 31.0. The number of rotatable bonds is 5. The molecule has 4 aromatic rings. The van der Waals surface area contributed by atoms with Crippen LogP contribution in [0.5, 0.6) is 5.75 Å². The van der Waals surface area contributed by atoms with Crippen LogP contribution >= 0.6 is 11.3 Å².